The Morgan fingerprint density at radius 1 is 1.75 bits per heavy atom. The number of carbonyl (C=O) groups excluding carboxylic acids is 1. The van der Waals surface area contributed by atoms with Crippen molar-refractivity contribution in [1.82, 2.24) is 10.8 Å². The van der Waals surface area contributed by atoms with Gasteiger partial charge in [-0.2, -0.15) is 0 Å². The minimum absolute atomic E-state index is 0.0266. The van der Waals surface area contributed by atoms with Gasteiger partial charge in [-0.1, -0.05) is 0 Å². The van der Waals surface area contributed by atoms with E-state index >= 15 is 0 Å². The third-order valence-corrected chi connectivity index (χ3v) is 2.30. The summed E-state index contributed by atoms with van der Waals surface area (Å²) in [5.41, 5.74) is 2.98. The first kappa shape index (κ1) is 7.76. The van der Waals surface area contributed by atoms with E-state index in [1.165, 1.54) is 6.92 Å². The Balaban J connectivity index is 2.17. The molecule has 0 bridgehead atoms. The molecule has 1 atom stereocenters. The molecule has 1 unspecified atom stereocenters. The number of hydrogen-bond acceptors (Lipinski definition) is 4. The lowest BCUT2D eigenvalue weighted by atomic mass is 10.0. The van der Waals surface area contributed by atoms with Gasteiger partial charge < -0.3 is 5.32 Å². The SMILES string of the molecule is CC(=O)C1=CC2(CCNC2)ON1. The van der Waals surface area contributed by atoms with E-state index in [0.29, 0.717) is 5.70 Å². The number of hydroxylamine groups is 1. The lowest BCUT2D eigenvalue weighted by Crippen LogP contribution is -2.32. The van der Waals surface area contributed by atoms with Crippen LogP contribution >= 0.6 is 0 Å². The van der Waals surface area contributed by atoms with Gasteiger partial charge in [0, 0.05) is 13.5 Å². The highest BCUT2D eigenvalue weighted by Gasteiger charge is 2.38. The van der Waals surface area contributed by atoms with Crippen LogP contribution in [0, 0.1) is 0 Å². The first-order chi connectivity index (χ1) is 5.72. The molecule has 2 aliphatic rings. The normalized spacial score (nSPS) is 33.6. The molecule has 0 saturated carbocycles. The summed E-state index contributed by atoms with van der Waals surface area (Å²) in [6, 6.07) is 0. The van der Waals surface area contributed by atoms with Crippen LogP contribution in [0.4, 0.5) is 0 Å². The zero-order valence-corrected chi connectivity index (χ0v) is 7.02. The lowest BCUT2D eigenvalue weighted by molar-refractivity contribution is -0.115. The van der Waals surface area contributed by atoms with Crippen LogP contribution in [0.3, 0.4) is 0 Å². The van der Waals surface area contributed by atoms with Crippen LogP contribution in [0.5, 0.6) is 0 Å². The van der Waals surface area contributed by atoms with Gasteiger partial charge in [0.1, 0.15) is 11.3 Å². The van der Waals surface area contributed by atoms with Crippen LogP contribution in [0.1, 0.15) is 13.3 Å². The van der Waals surface area contributed by atoms with Crippen LogP contribution in [0.25, 0.3) is 0 Å². The van der Waals surface area contributed by atoms with E-state index in [4.69, 9.17) is 4.84 Å². The summed E-state index contributed by atoms with van der Waals surface area (Å²) >= 11 is 0. The maximum absolute atomic E-state index is 11.0. The van der Waals surface area contributed by atoms with Crippen LogP contribution in [0.2, 0.25) is 0 Å². The predicted molar refractivity (Wildman–Crippen MR) is 43.2 cm³/mol. The summed E-state index contributed by atoms with van der Waals surface area (Å²) in [5.74, 6) is 0.0266. The Bertz CT molecular complexity index is 241. The van der Waals surface area contributed by atoms with Gasteiger partial charge in [0.2, 0.25) is 0 Å². The van der Waals surface area contributed by atoms with E-state index in [-0.39, 0.29) is 11.4 Å². The Kier molecular flexibility index (Phi) is 1.66. The Morgan fingerprint density at radius 2 is 2.58 bits per heavy atom. The molecular formula is C8H12N2O2. The van der Waals surface area contributed by atoms with Crippen molar-refractivity contribution in [3.63, 3.8) is 0 Å². The second-order valence-electron chi connectivity index (χ2n) is 3.31. The molecule has 0 aromatic rings. The van der Waals surface area contributed by atoms with Gasteiger partial charge in [-0.15, -0.1) is 0 Å². The fraction of sp³-hybridized carbons (Fsp3) is 0.625. The number of ketones is 1. The lowest BCUT2D eigenvalue weighted by Gasteiger charge is -2.16. The average molecular weight is 168 g/mol. The van der Waals surface area contributed by atoms with Crippen molar-refractivity contribution in [2.45, 2.75) is 18.9 Å². The molecular weight excluding hydrogens is 156 g/mol. The summed E-state index contributed by atoms with van der Waals surface area (Å²) in [4.78, 5) is 16.3. The molecule has 2 N–H and O–H groups in total. The van der Waals surface area contributed by atoms with Crippen LogP contribution in [-0.2, 0) is 9.63 Å². The molecule has 0 aromatic carbocycles. The maximum Gasteiger partial charge on any atom is 0.177 e. The minimum Gasteiger partial charge on any atom is -0.313 e. The predicted octanol–water partition coefficient (Wildman–Crippen LogP) is -0.274. The monoisotopic (exact) mass is 168 g/mol. The first-order valence-electron chi connectivity index (χ1n) is 4.10. The first-order valence-corrected chi connectivity index (χ1v) is 4.10. The van der Waals surface area contributed by atoms with Crippen molar-refractivity contribution in [3.05, 3.63) is 11.8 Å². The van der Waals surface area contributed by atoms with Crippen LogP contribution in [-0.4, -0.2) is 24.5 Å². The number of nitrogens with one attached hydrogen (secondary N) is 2. The third-order valence-electron chi connectivity index (χ3n) is 2.30. The second kappa shape index (κ2) is 2.57. The van der Waals surface area contributed by atoms with Crippen molar-refractivity contribution >= 4 is 5.78 Å². The van der Waals surface area contributed by atoms with Gasteiger partial charge in [-0.25, -0.2) is 0 Å². The van der Waals surface area contributed by atoms with Crippen LogP contribution in [0.15, 0.2) is 11.8 Å². The fourth-order valence-electron chi connectivity index (χ4n) is 1.55. The second-order valence-corrected chi connectivity index (χ2v) is 3.31. The van der Waals surface area contributed by atoms with Gasteiger partial charge in [0.05, 0.1) is 0 Å². The van der Waals surface area contributed by atoms with E-state index in [0.717, 1.165) is 19.5 Å². The highest BCUT2D eigenvalue weighted by atomic mass is 16.7. The van der Waals surface area contributed by atoms with Gasteiger partial charge >= 0.3 is 0 Å². The standard InChI is InChI=1S/C8H12N2O2/c1-6(11)7-4-8(12-10-7)2-3-9-5-8/h4,9-10H,2-3,5H2,1H3. The number of carbonyl (C=O) groups is 1. The maximum atomic E-state index is 11.0. The average Bonchev–Trinajstić information content (AvgIpc) is 2.62. The van der Waals surface area contributed by atoms with Crippen molar-refractivity contribution in [3.8, 4) is 0 Å². The summed E-state index contributed by atoms with van der Waals surface area (Å²) in [6.45, 7) is 3.27. The Labute approximate surface area is 70.9 Å². The third kappa shape index (κ3) is 1.13. The van der Waals surface area contributed by atoms with Gasteiger partial charge in [0.25, 0.3) is 0 Å². The summed E-state index contributed by atoms with van der Waals surface area (Å²) < 4.78 is 0. The van der Waals surface area contributed by atoms with Crippen molar-refractivity contribution in [2.24, 2.45) is 0 Å². The number of Topliss-reactive ketones (excluding diaryl/α,β-unsaturated/α-hetero) is 1. The van der Waals surface area contributed by atoms with Crippen molar-refractivity contribution < 1.29 is 9.63 Å². The molecule has 2 rings (SSSR count). The summed E-state index contributed by atoms with van der Waals surface area (Å²) in [6.07, 6.45) is 2.81. The zero-order valence-electron chi connectivity index (χ0n) is 7.02. The molecule has 4 nitrogen and oxygen atoms in total. The number of hydrogen-bond donors (Lipinski definition) is 2. The topological polar surface area (TPSA) is 50.4 Å². The van der Waals surface area contributed by atoms with E-state index in [9.17, 15) is 4.79 Å². The molecule has 0 aromatic heterocycles. The molecule has 0 radical (unpaired) electrons. The molecule has 12 heavy (non-hydrogen) atoms. The molecule has 1 saturated heterocycles. The van der Waals surface area contributed by atoms with Crippen LogP contribution < -0.4 is 10.8 Å². The number of rotatable bonds is 1. The van der Waals surface area contributed by atoms with Gasteiger partial charge in [0.15, 0.2) is 5.78 Å². The van der Waals surface area contributed by atoms with E-state index < -0.39 is 0 Å². The highest BCUT2D eigenvalue weighted by Crippen LogP contribution is 2.26. The Hall–Kier alpha value is -0.870. The minimum atomic E-state index is -0.263. The van der Waals surface area contributed by atoms with E-state index in [2.05, 4.69) is 10.8 Å². The smallest absolute Gasteiger partial charge is 0.177 e. The molecule has 4 heteroatoms. The van der Waals surface area contributed by atoms with Gasteiger partial charge in [-0.3, -0.25) is 15.1 Å². The molecule has 66 valence electrons. The zero-order chi connectivity index (χ0) is 8.60. The van der Waals surface area contributed by atoms with Crippen molar-refractivity contribution in [1.29, 1.82) is 0 Å². The summed E-state index contributed by atoms with van der Waals surface area (Å²) in [7, 11) is 0. The highest BCUT2D eigenvalue weighted by molar-refractivity contribution is 5.93. The fourth-order valence-corrected chi connectivity index (χ4v) is 1.55. The summed E-state index contributed by atoms with van der Waals surface area (Å²) in [5, 5.41) is 3.19. The van der Waals surface area contributed by atoms with Gasteiger partial charge in [-0.05, 0) is 19.0 Å². The quantitative estimate of drug-likeness (QED) is 0.565. The molecule has 0 aliphatic carbocycles. The molecule has 0 amide bonds. The Morgan fingerprint density at radius 3 is 3.08 bits per heavy atom. The van der Waals surface area contributed by atoms with Crippen molar-refractivity contribution in [2.75, 3.05) is 13.1 Å². The molecule has 2 aliphatic heterocycles. The number of allylic oxidation sites excluding steroid dienone is 1. The molecule has 1 spiro atoms. The molecule has 1 fully saturated rings. The largest absolute Gasteiger partial charge is 0.313 e. The molecule has 2 heterocycles. The van der Waals surface area contributed by atoms with E-state index in [1.807, 2.05) is 6.08 Å². The van der Waals surface area contributed by atoms with E-state index in [1.54, 1.807) is 0 Å².